The van der Waals surface area contributed by atoms with Crippen LogP contribution in [-0.2, 0) is 33.4 Å². The predicted molar refractivity (Wildman–Crippen MR) is 272 cm³/mol. The van der Waals surface area contributed by atoms with E-state index in [0.717, 1.165) is 98.5 Å². The Labute approximate surface area is 429 Å². The maximum atomic E-state index is 13.5. The predicted octanol–water partition coefficient (Wildman–Crippen LogP) is 4.73. The lowest BCUT2D eigenvalue weighted by atomic mass is 9.85. The summed E-state index contributed by atoms with van der Waals surface area (Å²) in [5, 5.41) is 19.0. The Morgan fingerprint density at radius 2 is 1.43 bits per heavy atom. The molecule has 3 fully saturated rings. The lowest BCUT2D eigenvalue weighted by Crippen LogP contribution is -2.54. The van der Waals surface area contributed by atoms with Crippen LogP contribution in [0.1, 0.15) is 121 Å². The highest BCUT2D eigenvalue weighted by Gasteiger charge is 2.46. The number of benzene rings is 1. The van der Waals surface area contributed by atoms with Crippen molar-refractivity contribution in [1.82, 2.24) is 41.1 Å². The van der Waals surface area contributed by atoms with Crippen LogP contribution in [0, 0.1) is 5.92 Å². The Morgan fingerprint density at radius 3 is 2.16 bits per heavy atom. The van der Waals surface area contributed by atoms with Gasteiger partial charge in [0.1, 0.15) is 23.4 Å². The Bertz CT molecular complexity index is 2640. The zero-order valence-electron chi connectivity index (χ0n) is 41.6. The van der Waals surface area contributed by atoms with E-state index in [4.69, 9.17) is 18.9 Å². The van der Waals surface area contributed by atoms with E-state index in [1.54, 1.807) is 18.6 Å². The van der Waals surface area contributed by atoms with E-state index in [-0.39, 0.29) is 66.0 Å². The molecule has 2 saturated carbocycles. The first-order valence-corrected chi connectivity index (χ1v) is 25.9. The van der Waals surface area contributed by atoms with E-state index in [1.807, 2.05) is 24.3 Å². The summed E-state index contributed by atoms with van der Waals surface area (Å²) in [6.07, 6.45) is 15.3. The topological polar surface area (TPSA) is 270 Å². The quantitative estimate of drug-likeness (QED) is 0.0317. The van der Waals surface area contributed by atoms with Crippen molar-refractivity contribution in [2.75, 3.05) is 70.0 Å². The molecule has 4 aliphatic rings. The van der Waals surface area contributed by atoms with Crippen LogP contribution in [0.5, 0.6) is 5.75 Å². The van der Waals surface area contributed by atoms with Gasteiger partial charge in [-0.1, -0.05) is 6.07 Å². The Kier molecular flexibility index (Phi) is 19.2. The van der Waals surface area contributed by atoms with Crippen LogP contribution in [0.15, 0.2) is 61.1 Å². The zero-order valence-corrected chi connectivity index (χ0v) is 41.6. The maximum absolute atomic E-state index is 13.5. The molecule has 2 aliphatic heterocycles. The summed E-state index contributed by atoms with van der Waals surface area (Å²) in [5.74, 6) is -1.72. The van der Waals surface area contributed by atoms with Gasteiger partial charge in [0, 0.05) is 80.8 Å². The third-order valence-corrected chi connectivity index (χ3v) is 13.3. The summed E-state index contributed by atoms with van der Waals surface area (Å²) in [4.78, 5) is 103. The van der Waals surface area contributed by atoms with Gasteiger partial charge in [-0.15, -0.1) is 0 Å². The van der Waals surface area contributed by atoms with Crippen molar-refractivity contribution in [2.45, 2.75) is 108 Å². The number of pyridine rings is 3. The van der Waals surface area contributed by atoms with E-state index in [9.17, 15) is 33.6 Å². The van der Waals surface area contributed by atoms with Crippen molar-refractivity contribution < 1.29 is 52.5 Å². The molecule has 21 heteroatoms. The van der Waals surface area contributed by atoms with Gasteiger partial charge in [-0.2, -0.15) is 0 Å². The molecule has 7 amide bonds. The number of amides is 7. The number of hydrogen-bond donors (Lipinski definition) is 6. The average Bonchev–Trinajstić information content (AvgIpc) is 4.19. The molecule has 1 atom stereocenters. The number of piperidine rings is 1. The summed E-state index contributed by atoms with van der Waals surface area (Å²) < 4.78 is 22.6. The molecule has 0 radical (unpaired) electrons. The van der Waals surface area contributed by atoms with Gasteiger partial charge < -0.3 is 45.5 Å². The molecular formula is C53H66N10O11. The van der Waals surface area contributed by atoms with Crippen LogP contribution in [0.2, 0.25) is 0 Å². The van der Waals surface area contributed by atoms with Crippen molar-refractivity contribution in [3.05, 3.63) is 77.7 Å². The SMILES string of the molecule is O=C(COc1cccc2c1C(=O)N(C1CCC(=O)NC1=O)C2=O)NCCCCCOCCOCCOCCCCCNC(=O)[C@H]1CC[C@H](NC(=O)c2cnc(Nc3ccc4cnccc4n3)cc2NC2CC2)CC1. The fourth-order valence-corrected chi connectivity index (χ4v) is 9.14. The minimum absolute atomic E-state index is 0.00775. The number of hydrogen-bond acceptors (Lipinski definition) is 16. The van der Waals surface area contributed by atoms with Gasteiger partial charge >= 0.3 is 0 Å². The van der Waals surface area contributed by atoms with Crippen LogP contribution in [0.4, 0.5) is 17.3 Å². The molecule has 394 valence electrons. The number of imide groups is 2. The highest BCUT2D eigenvalue weighted by atomic mass is 16.5. The second kappa shape index (κ2) is 26.7. The second-order valence-corrected chi connectivity index (χ2v) is 19.0. The largest absolute Gasteiger partial charge is 0.483 e. The van der Waals surface area contributed by atoms with Crippen molar-refractivity contribution in [1.29, 1.82) is 0 Å². The first-order chi connectivity index (χ1) is 36.1. The van der Waals surface area contributed by atoms with Crippen LogP contribution >= 0.6 is 0 Å². The first-order valence-electron chi connectivity index (χ1n) is 25.9. The maximum Gasteiger partial charge on any atom is 0.266 e. The molecule has 8 rings (SSSR count). The monoisotopic (exact) mass is 1020 g/mol. The number of carbonyl (C=O) groups is 7. The highest BCUT2D eigenvalue weighted by molar-refractivity contribution is 6.24. The molecule has 3 aromatic heterocycles. The van der Waals surface area contributed by atoms with Gasteiger partial charge in [0.25, 0.3) is 23.6 Å². The molecule has 1 aromatic carbocycles. The molecular weight excluding hydrogens is 953 g/mol. The summed E-state index contributed by atoms with van der Waals surface area (Å²) in [6.45, 7) is 3.79. The standard InChI is InChI=1S/C53H66N10O11/c64-46-19-17-42(51(68)62-46)63-52(69)38-8-7-9-43(48(38)53(63)70)74-33-47(65)55-21-3-1-5-24-71-26-28-73-29-27-72-25-6-2-4-22-56-49(66)34-10-13-37(14-11-34)59-50(67)39-32-57-45(30-41(39)58-36-15-16-36)61-44-18-12-35-31-54-23-20-40(35)60-44/h7-9,12,18,20,23,30-32,34,36-37,42H,1-6,10-11,13-17,19,21-22,24-29,33H2,(H,55,65)(H,56,66)(H,59,67)(H,62,64,68)(H2,57,58,60,61)/t34-,37-,42?. The molecule has 0 spiro atoms. The van der Waals surface area contributed by atoms with Crippen molar-refractivity contribution in [3.63, 3.8) is 0 Å². The number of nitrogens with zero attached hydrogens (tertiary/aromatic N) is 4. The molecule has 2 aliphatic carbocycles. The van der Waals surface area contributed by atoms with Gasteiger partial charge in [-0.3, -0.25) is 48.8 Å². The second-order valence-electron chi connectivity index (χ2n) is 19.0. The van der Waals surface area contributed by atoms with Gasteiger partial charge in [-0.05, 0) is 114 Å². The lowest BCUT2D eigenvalue weighted by Gasteiger charge is -2.28. The molecule has 5 heterocycles. The first kappa shape index (κ1) is 53.2. The van der Waals surface area contributed by atoms with Crippen LogP contribution in [0.3, 0.4) is 0 Å². The third kappa shape index (κ3) is 15.0. The molecule has 21 nitrogen and oxygen atoms in total. The molecule has 1 unspecified atom stereocenters. The average molecular weight is 1020 g/mol. The number of nitrogens with one attached hydrogen (secondary N) is 6. The van der Waals surface area contributed by atoms with E-state index < -0.39 is 29.7 Å². The molecule has 74 heavy (non-hydrogen) atoms. The number of anilines is 3. The van der Waals surface area contributed by atoms with Crippen molar-refractivity contribution in [2.24, 2.45) is 5.92 Å². The zero-order chi connectivity index (χ0) is 51.7. The number of aromatic nitrogens is 3. The smallest absolute Gasteiger partial charge is 0.266 e. The van der Waals surface area contributed by atoms with E-state index in [2.05, 4.69) is 46.9 Å². The Balaban J connectivity index is 0.586. The summed E-state index contributed by atoms with van der Waals surface area (Å²) in [7, 11) is 0. The van der Waals surface area contributed by atoms with Crippen molar-refractivity contribution in [3.8, 4) is 5.75 Å². The third-order valence-electron chi connectivity index (χ3n) is 13.3. The Hall–Kier alpha value is -7.10. The minimum Gasteiger partial charge on any atom is -0.483 e. The Morgan fingerprint density at radius 1 is 0.716 bits per heavy atom. The number of rotatable bonds is 29. The van der Waals surface area contributed by atoms with E-state index in [1.165, 1.54) is 18.2 Å². The van der Waals surface area contributed by atoms with E-state index >= 15 is 0 Å². The van der Waals surface area contributed by atoms with Crippen LogP contribution < -0.4 is 36.6 Å². The van der Waals surface area contributed by atoms with Gasteiger partial charge in [0.2, 0.25) is 17.7 Å². The summed E-state index contributed by atoms with van der Waals surface area (Å²) in [5.41, 5.74) is 2.13. The van der Waals surface area contributed by atoms with Gasteiger partial charge in [0.15, 0.2) is 6.61 Å². The lowest BCUT2D eigenvalue weighted by molar-refractivity contribution is -0.136. The molecule has 0 bridgehead atoms. The molecule has 6 N–H and O–H groups in total. The summed E-state index contributed by atoms with van der Waals surface area (Å²) in [6, 6.07) is 11.3. The van der Waals surface area contributed by atoms with E-state index in [0.29, 0.717) is 76.0 Å². The minimum atomic E-state index is -1.09. The van der Waals surface area contributed by atoms with Crippen LogP contribution in [0.25, 0.3) is 10.9 Å². The number of carbonyl (C=O) groups excluding carboxylic acids is 7. The molecule has 1 saturated heterocycles. The fraction of sp³-hybridized carbons (Fsp3) is 0.509. The molecule has 4 aromatic rings. The highest BCUT2D eigenvalue weighted by Crippen LogP contribution is 2.34. The number of ether oxygens (including phenoxy) is 4. The summed E-state index contributed by atoms with van der Waals surface area (Å²) >= 11 is 0. The van der Waals surface area contributed by atoms with Gasteiger partial charge in [0.05, 0.1) is 54.3 Å². The number of fused-ring (bicyclic) bond motifs is 2. The van der Waals surface area contributed by atoms with Crippen LogP contribution in [-0.4, -0.2) is 139 Å². The fourth-order valence-electron chi connectivity index (χ4n) is 9.14. The van der Waals surface area contributed by atoms with Gasteiger partial charge in [-0.25, -0.2) is 9.97 Å². The number of unbranched alkanes of at least 4 members (excludes halogenated alkanes) is 4. The van der Waals surface area contributed by atoms with Crippen molar-refractivity contribution >= 4 is 69.6 Å². The normalized spacial score (nSPS) is 18.4.